The Balaban J connectivity index is 2.56. The van der Waals surface area contributed by atoms with Crippen molar-refractivity contribution >= 4 is 16.0 Å². The van der Waals surface area contributed by atoms with Gasteiger partial charge in [0.2, 0.25) is 10.0 Å². The Labute approximate surface area is 121 Å². The number of ether oxygens (including phenoxy) is 1. The second-order valence-corrected chi connectivity index (χ2v) is 7.13. The third-order valence-corrected chi connectivity index (χ3v) is 5.60. The smallest absolute Gasteiger partial charge is 0.310 e. The van der Waals surface area contributed by atoms with E-state index in [0.717, 1.165) is 25.8 Å². The lowest BCUT2D eigenvalue weighted by molar-refractivity contribution is -0.146. The van der Waals surface area contributed by atoms with Gasteiger partial charge >= 0.3 is 5.97 Å². The molecule has 1 aliphatic carbocycles. The lowest BCUT2D eigenvalue weighted by Crippen LogP contribution is -2.45. The average molecular weight is 306 g/mol. The normalized spacial score (nSPS) is 23.5. The lowest BCUT2D eigenvalue weighted by atomic mass is 9.89. The van der Waals surface area contributed by atoms with Gasteiger partial charge in [0.15, 0.2) is 0 Å². The maximum Gasteiger partial charge on any atom is 0.310 e. The van der Waals surface area contributed by atoms with Crippen LogP contribution in [-0.4, -0.2) is 46.4 Å². The van der Waals surface area contributed by atoms with Gasteiger partial charge in [-0.2, -0.15) is 0 Å². The molecule has 0 aromatic carbocycles. The maximum atomic E-state index is 12.3. The van der Waals surface area contributed by atoms with Crippen molar-refractivity contribution in [3.8, 4) is 0 Å². The molecule has 0 spiro atoms. The predicted octanol–water partition coefficient (Wildman–Crippen LogP) is 0.637. The fraction of sp³-hybridized carbons (Fsp3) is 0.923. The van der Waals surface area contributed by atoms with Gasteiger partial charge in [0, 0.05) is 13.1 Å². The van der Waals surface area contributed by atoms with Gasteiger partial charge in [-0.1, -0.05) is 19.8 Å². The van der Waals surface area contributed by atoms with Crippen molar-refractivity contribution in [2.24, 2.45) is 5.92 Å². The van der Waals surface area contributed by atoms with E-state index in [1.165, 1.54) is 7.11 Å². The quantitative estimate of drug-likeness (QED) is 0.508. The van der Waals surface area contributed by atoms with Crippen LogP contribution in [0.3, 0.4) is 0 Å². The molecule has 0 saturated heterocycles. The number of methoxy groups -OCH3 is 1. The van der Waals surface area contributed by atoms with Gasteiger partial charge in [0.25, 0.3) is 0 Å². The van der Waals surface area contributed by atoms with Gasteiger partial charge in [0.05, 0.1) is 18.3 Å². The van der Waals surface area contributed by atoms with E-state index in [1.807, 2.05) is 0 Å². The van der Waals surface area contributed by atoms with Crippen molar-refractivity contribution in [1.29, 1.82) is 0 Å². The summed E-state index contributed by atoms with van der Waals surface area (Å²) in [5, 5.41) is 2.48. The third-order valence-electron chi connectivity index (χ3n) is 3.64. The molecule has 0 aromatic rings. The van der Waals surface area contributed by atoms with Gasteiger partial charge in [0.1, 0.15) is 0 Å². The fourth-order valence-electron chi connectivity index (χ4n) is 2.58. The molecular formula is C13H26N2O4S. The first-order chi connectivity index (χ1) is 9.53. The first kappa shape index (κ1) is 17.4. The fourth-order valence-corrected chi connectivity index (χ4v) is 4.34. The molecule has 7 heteroatoms. The van der Waals surface area contributed by atoms with Crippen molar-refractivity contribution in [1.82, 2.24) is 10.0 Å². The van der Waals surface area contributed by atoms with Gasteiger partial charge in [-0.05, 0) is 25.8 Å². The van der Waals surface area contributed by atoms with Gasteiger partial charge in [-0.3, -0.25) is 4.79 Å². The van der Waals surface area contributed by atoms with Crippen molar-refractivity contribution < 1.29 is 17.9 Å². The van der Waals surface area contributed by atoms with Crippen LogP contribution in [0.25, 0.3) is 0 Å². The minimum Gasteiger partial charge on any atom is -0.469 e. The molecule has 1 aliphatic rings. The zero-order valence-electron chi connectivity index (χ0n) is 12.4. The van der Waals surface area contributed by atoms with Crippen LogP contribution in [0.15, 0.2) is 0 Å². The Morgan fingerprint density at radius 2 is 1.90 bits per heavy atom. The zero-order valence-corrected chi connectivity index (χ0v) is 13.2. The van der Waals surface area contributed by atoms with Crippen LogP contribution in [0.2, 0.25) is 0 Å². The zero-order chi connectivity index (χ0) is 15.0. The molecule has 0 amide bonds. The van der Waals surface area contributed by atoms with Crippen LogP contribution >= 0.6 is 0 Å². The molecule has 1 rings (SSSR count). The first-order valence-corrected chi connectivity index (χ1v) is 8.84. The molecule has 0 heterocycles. The number of carbonyl (C=O) groups is 1. The summed E-state index contributed by atoms with van der Waals surface area (Å²) in [6, 6.07) is 0. The third kappa shape index (κ3) is 5.03. The van der Waals surface area contributed by atoms with Crippen LogP contribution < -0.4 is 10.0 Å². The van der Waals surface area contributed by atoms with Crippen LogP contribution in [0.5, 0.6) is 0 Å². The molecule has 1 fully saturated rings. The second-order valence-electron chi connectivity index (χ2n) is 5.14. The number of nitrogens with one attached hydrogen (secondary N) is 2. The van der Waals surface area contributed by atoms with Gasteiger partial charge in [-0.15, -0.1) is 0 Å². The molecule has 20 heavy (non-hydrogen) atoms. The summed E-state index contributed by atoms with van der Waals surface area (Å²) in [6.07, 6.45) is 3.85. The highest BCUT2D eigenvalue weighted by atomic mass is 32.2. The summed E-state index contributed by atoms with van der Waals surface area (Å²) in [5.74, 6) is -0.945. The summed E-state index contributed by atoms with van der Waals surface area (Å²) in [6.45, 7) is 3.88. The summed E-state index contributed by atoms with van der Waals surface area (Å²) >= 11 is 0. The standard InChI is InChI=1S/C13H26N2O4S/c1-3-8-14-9-10-15-20(17,18)12-7-5-4-6-11(12)13(16)19-2/h11-12,14-15H,3-10H2,1-2H3. The molecule has 0 bridgehead atoms. The largest absolute Gasteiger partial charge is 0.469 e. The number of rotatable bonds is 8. The van der Waals surface area contributed by atoms with Crippen molar-refractivity contribution in [2.75, 3.05) is 26.7 Å². The minimum atomic E-state index is -3.47. The highest BCUT2D eigenvalue weighted by molar-refractivity contribution is 7.90. The van der Waals surface area contributed by atoms with E-state index in [1.54, 1.807) is 0 Å². The molecule has 6 nitrogen and oxygen atoms in total. The molecule has 1 saturated carbocycles. The van der Waals surface area contributed by atoms with Crippen LogP contribution in [0, 0.1) is 5.92 Å². The average Bonchev–Trinajstić information content (AvgIpc) is 2.46. The Bertz CT molecular complexity index is 397. The molecule has 0 aromatic heterocycles. The first-order valence-electron chi connectivity index (χ1n) is 7.30. The molecule has 0 radical (unpaired) electrons. The van der Waals surface area contributed by atoms with Crippen molar-refractivity contribution in [3.63, 3.8) is 0 Å². The minimum absolute atomic E-state index is 0.354. The van der Waals surface area contributed by atoms with E-state index in [4.69, 9.17) is 4.74 Å². The summed E-state index contributed by atoms with van der Waals surface area (Å²) < 4.78 is 31.9. The highest BCUT2D eigenvalue weighted by Crippen LogP contribution is 2.30. The second kappa shape index (κ2) is 8.59. The molecular weight excluding hydrogens is 280 g/mol. The maximum absolute atomic E-state index is 12.3. The molecule has 2 unspecified atom stereocenters. The lowest BCUT2D eigenvalue weighted by Gasteiger charge is -2.29. The molecule has 0 aliphatic heterocycles. The summed E-state index contributed by atoms with van der Waals surface area (Å²) in [7, 11) is -2.16. The van der Waals surface area contributed by atoms with E-state index in [2.05, 4.69) is 17.0 Å². The van der Waals surface area contributed by atoms with Gasteiger partial charge < -0.3 is 10.1 Å². The Hall–Kier alpha value is -0.660. The van der Waals surface area contributed by atoms with Crippen LogP contribution in [-0.2, 0) is 19.6 Å². The Kier molecular flexibility index (Phi) is 7.47. The van der Waals surface area contributed by atoms with E-state index in [9.17, 15) is 13.2 Å². The van der Waals surface area contributed by atoms with Gasteiger partial charge in [-0.25, -0.2) is 13.1 Å². The summed E-state index contributed by atoms with van der Waals surface area (Å²) in [5.41, 5.74) is 0. The van der Waals surface area contributed by atoms with Crippen LogP contribution in [0.1, 0.15) is 39.0 Å². The Morgan fingerprint density at radius 3 is 2.55 bits per heavy atom. The number of carbonyl (C=O) groups excluding carboxylic acids is 1. The van der Waals surface area contributed by atoms with E-state index in [-0.39, 0.29) is 0 Å². The molecule has 118 valence electrons. The topological polar surface area (TPSA) is 84.5 Å². The number of esters is 1. The number of hydrogen-bond donors (Lipinski definition) is 2. The summed E-state index contributed by atoms with van der Waals surface area (Å²) in [4.78, 5) is 11.7. The molecule has 2 N–H and O–H groups in total. The Morgan fingerprint density at radius 1 is 1.20 bits per heavy atom. The highest BCUT2D eigenvalue weighted by Gasteiger charge is 2.39. The monoisotopic (exact) mass is 306 g/mol. The number of hydrogen-bond acceptors (Lipinski definition) is 5. The van der Waals surface area contributed by atoms with Crippen molar-refractivity contribution in [3.05, 3.63) is 0 Å². The van der Waals surface area contributed by atoms with E-state index in [0.29, 0.717) is 25.9 Å². The predicted molar refractivity (Wildman–Crippen MR) is 77.8 cm³/mol. The van der Waals surface area contributed by atoms with Crippen LogP contribution in [0.4, 0.5) is 0 Å². The molecule has 2 atom stereocenters. The number of sulfonamides is 1. The van der Waals surface area contributed by atoms with E-state index < -0.39 is 27.2 Å². The van der Waals surface area contributed by atoms with E-state index >= 15 is 0 Å². The SMILES string of the molecule is CCCNCCNS(=O)(=O)C1CCCCC1C(=O)OC. The van der Waals surface area contributed by atoms with Crippen molar-refractivity contribution in [2.45, 2.75) is 44.3 Å².